The largest absolute Gasteiger partial charge is 0.504 e. The van der Waals surface area contributed by atoms with Gasteiger partial charge in [-0.2, -0.15) is 5.10 Å². The Bertz CT molecular complexity index is 560. The van der Waals surface area contributed by atoms with E-state index < -0.39 is 5.91 Å². The first-order valence-corrected chi connectivity index (χ1v) is 7.18. The van der Waals surface area contributed by atoms with Crippen LogP contribution in [0.1, 0.15) is 37.7 Å². The van der Waals surface area contributed by atoms with Gasteiger partial charge in [-0.15, -0.1) is 0 Å². The third kappa shape index (κ3) is 7.28. The zero-order valence-corrected chi connectivity index (χ0v) is 12.9. The maximum Gasteiger partial charge on any atom is 0.243 e. The second kappa shape index (κ2) is 10.2. The Balaban J connectivity index is 2.26. The van der Waals surface area contributed by atoms with Gasteiger partial charge in [-0.25, -0.2) is 10.9 Å². The minimum atomic E-state index is -0.427. The van der Waals surface area contributed by atoms with Gasteiger partial charge in [0.1, 0.15) is 0 Å². The van der Waals surface area contributed by atoms with Crippen molar-refractivity contribution >= 4 is 18.0 Å². The van der Waals surface area contributed by atoms with Crippen LogP contribution < -0.4 is 15.6 Å². The fourth-order valence-electron chi connectivity index (χ4n) is 1.81. The third-order valence-electron chi connectivity index (χ3n) is 3.04. The van der Waals surface area contributed by atoms with Gasteiger partial charge >= 0.3 is 0 Å². The zero-order valence-electron chi connectivity index (χ0n) is 12.9. The number of methoxy groups -OCH3 is 1. The van der Waals surface area contributed by atoms with Gasteiger partial charge in [-0.3, -0.25) is 14.8 Å². The monoisotopic (exact) mass is 323 g/mol. The number of carbonyl (C=O) groups is 2. The normalized spacial score (nSPS) is 10.5. The van der Waals surface area contributed by atoms with Crippen molar-refractivity contribution in [1.82, 2.24) is 10.9 Å². The molecule has 0 aromatic heterocycles. The number of phenolic OH excluding ortho intramolecular Hbond substituents is 1. The maximum atomic E-state index is 11.6. The summed E-state index contributed by atoms with van der Waals surface area (Å²) in [6.07, 6.45) is 3.93. The van der Waals surface area contributed by atoms with Gasteiger partial charge < -0.3 is 9.84 Å². The minimum Gasteiger partial charge on any atom is -0.504 e. The van der Waals surface area contributed by atoms with Crippen LogP contribution in [0, 0.1) is 0 Å². The fourth-order valence-corrected chi connectivity index (χ4v) is 1.81. The molecule has 0 saturated carbocycles. The molecule has 8 heteroatoms. The molecule has 0 atom stereocenters. The second-order valence-corrected chi connectivity index (χ2v) is 4.82. The number of amides is 2. The molecule has 0 aliphatic carbocycles. The van der Waals surface area contributed by atoms with Crippen molar-refractivity contribution in [2.24, 2.45) is 5.10 Å². The number of hydrogen-bond donors (Lipinski definition) is 4. The summed E-state index contributed by atoms with van der Waals surface area (Å²) >= 11 is 0. The van der Waals surface area contributed by atoms with E-state index in [-0.39, 0.29) is 18.1 Å². The number of rotatable bonds is 9. The molecule has 0 aliphatic heterocycles. The van der Waals surface area contributed by atoms with Crippen LogP contribution in [0.5, 0.6) is 11.5 Å². The molecule has 1 aromatic carbocycles. The first-order chi connectivity index (χ1) is 11.1. The zero-order chi connectivity index (χ0) is 17.1. The number of ether oxygens (including phenoxy) is 1. The first kappa shape index (κ1) is 18.4. The van der Waals surface area contributed by atoms with Crippen LogP contribution in [-0.4, -0.2) is 35.5 Å². The molecule has 0 bridgehead atoms. The summed E-state index contributed by atoms with van der Waals surface area (Å²) in [6.45, 7) is 0. The van der Waals surface area contributed by atoms with Gasteiger partial charge in [0, 0.05) is 12.8 Å². The molecule has 1 aromatic rings. The summed E-state index contributed by atoms with van der Waals surface area (Å²) in [5.41, 5.74) is 4.64. The van der Waals surface area contributed by atoms with Crippen LogP contribution >= 0.6 is 0 Å². The minimum absolute atomic E-state index is 0.0311. The number of nitrogens with one attached hydrogen (secondary N) is 2. The summed E-state index contributed by atoms with van der Waals surface area (Å²) in [5.74, 6) is -0.294. The highest BCUT2D eigenvalue weighted by molar-refractivity contribution is 5.83. The average Bonchev–Trinajstić information content (AvgIpc) is 2.55. The number of hydrogen-bond acceptors (Lipinski definition) is 6. The Labute approximate surface area is 134 Å². The first-order valence-electron chi connectivity index (χ1n) is 7.18. The van der Waals surface area contributed by atoms with E-state index in [0.29, 0.717) is 37.0 Å². The summed E-state index contributed by atoms with van der Waals surface area (Å²) in [5, 5.41) is 21.6. The van der Waals surface area contributed by atoms with Gasteiger partial charge in [0.15, 0.2) is 11.5 Å². The highest BCUT2D eigenvalue weighted by atomic mass is 16.5. The number of carbonyl (C=O) groups excluding carboxylic acids is 2. The Hall–Kier alpha value is -2.61. The number of hydroxylamine groups is 1. The van der Waals surface area contributed by atoms with Gasteiger partial charge in [-0.1, -0.05) is 6.42 Å². The molecular weight excluding hydrogens is 302 g/mol. The number of nitrogens with zero attached hydrogens (tertiary/aromatic N) is 1. The highest BCUT2D eigenvalue weighted by Crippen LogP contribution is 2.25. The Morgan fingerprint density at radius 1 is 1.22 bits per heavy atom. The topological polar surface area (TPSA) is 120 Å². The molecule has 8 nitrogen and oxygen atoms in total. The molecule has 23 heavy (non-hydrogen) atoms. The van der Waals surface area contributed by atoms with Gasteiger partial charge in [0.2, 0.25) is 11.8 Å². The van der Waals surface area contributed by atoms with Crippen LogP contribution in [0.3, 0.4) is 0 Å². The van der Waals surface area contributed by atoms with Gasteiger partial charge in [0.05, 0.1) is 13.3 Å². The predicted molar refractivity (Wildman–Crippen MR) is 83.4 cm³/mol. The maximum absolute atomic E-state index is 11.6. The van der Waals surface area contributed by atoms with E-state index in [1.54, 1.807) is 17.6 Å². The molecule has 126 valence electrons. The molecule has 0 unspecified atom stereocenters. The van der Waals surface area contributed by atoms with Crippen molar-refractivity contribution in [2.75, 3.05) is 7.11 Å². The summed E-state index contributed by atoms with van der Waals surface area (Å²) in [7, 11) is 1.45. The van der Waals surface area contributed by atoms with E-state index >= 15 is 0 Å². The molecule has 0 saturated heterocycles. The van der Waals surface area contributed by atoms with Crippen molar-refractivity contribution in [1.29, 1.82) is 0 Å². The van der Waals surface area contributed by atoms with E-state index in [0.717, 1.165) is 0 Å². The standard InChI is InChI=1S/C15H21N3O5/c1-23-13-9-11(7-8-12(13)19)10-16-17-14(20)5-3-2-4-6-15(21)18-22/h7-10,19,22H,2-6H2,1H3,(H,17,20)(H,18,21)/b16-10+. The molecule has 0 spiro atoms. The van der Waals surface area contributed by atoms with Crippen LogP contribution in [-0.2, 0) is 9.59 Å². The lowest BCUT2D eigenvalue weighted by atomic mass is 10.1. The molecule has 0 fully saturated rings. The average molecular weight is 323 g/mol. The fraction of sp³-hybridized carbons (Fsp3) is 0.400. The lowest BCUT2D eigenvalue weighted by Crippen LogP contribution is -2.18. The van der Waals surface area contributed by atoms with E-state index in [1.165, 1.54) is 19.4 Å². The summed E-state index contributed by atoms with van der Waals surface area (Å²) in [4.78, 5) is 22.3. The second-order valence-electron chi connectivity index (χ2n) is 4.82. The number of phenols is 1. The Morgan fingerprint density at radius 2 is 1.91 bits per heavy atom. The summed E-state index contributed by atoms with van der Waals surface area (Å²) in [6, 6.07) is 4.71. The van der Waals surface area contributed by atoms with Crippen LogP contribution in [0.25, 0.3) is 0 Å². The van der Waals surface area contributed by atoms with Crippen LogP contribution in [0.2, 0.25) is 0 Å². The van der Waals surface area contributed by atoms with Crippen molar-refractivity contribution in [3.05, 3.63) is 23.8 Å². The van der Waals surface area contributed by atoms with Crippen molar-refractivity contribution in [3.63, 3.8) is 0 Å². The molecule has 1 rings (SSSR count). The van der Waals surface area contributed by atoms with Gasteiger partial charge in [0.25, 0.3) is 0 Å². The highest BCUT2D eigenvalue weighted by Gasteiger charge is 2.03. The predicted octanol–water partition coefficient (Wildman–Crippen LogP) is 1.31. The molecular formula is C15H21N3O5. The van der Waals surface area contributed by atoms with E-state index in [1.807, 2.05) is 0 Å². The quantitative estimate of drug-likeness (QED) is 0.236. The van der Waals surface area contributed by atoms with E-state index in [4.69, 9.17) is 9.94 Å². The van der Waals surface area contributed by atoms with Crippen LogP contribution in [0.15, 0.2) is 23.3 Å². The smallest absolute Gasteiger partial charge is 0.243 e. The molecule has 4 N–H and O–H groups in total. The lowest BCUT2D eigenvalue weighted by molar-refractivity contribution is -0.129. The molecule has 2 amide bonds. The van der Waals surface area contributed by atoms with Crippen LogP contribution in [0.4, 0.5) is 0 Å². The number of aromatic hydroxyl groups is 1. The Morgan fingerprint density at radius 3 is 2.57 bits per heavy atom. The van der Waals surface area contributed by atoms with Gasteiger partial charge in [-0.05, 0) is 36.6 Å². The molecule has 0 heterocycles. The number of benzene rings is 1. The van der Waals surface area contributed by atoms with E-state index in [2.05, 4.69) is 10.5 Å². The van der Waals surface area contributed by atoms with Crippen molar-refractivity contribution in [3.8, 4) is 11.5 Å². The third-order valence-corrected chi connectivity index (χ3v) is 3.04. The summed E-state index contributed by atoms with van der Waals surface area (Å²) < 4.78 is 4.97. The lowest BCUT2D eigenvalue weighted by Gasteiger charge is -2.03. The molecule has 0 radical (unpaired) electrons. The Kier molecular flexibility index (Phi) is 8.16. The van der Waals surface area contributed by atoms with E-state index in [9.17, 15) is 14.7 Å². The SMILES string of the molecule is COc1cc(/C=N/NC(=O)CCCCCC(=O)NO)ccc1O. The van der Waals surface area contributed by atoms with Crippen molar-refractivity contribution < 1.29 is 24.6 Å². The number of unbranched alkanes of at least 4 members (excludes halogenated alkanes) is 2. The van der Waals surface area contributed by atoms with Crippen molar-refractivity contribution in [2.45, 2.75) is 32.1 Å². The molecule has 0 aliphatic rings. The number of hydrazone groups is 1.